The maximum Gasteiger partial charge on any atom is 0.185 e. The molecular weight excluding hydrogens is 304 g/mol. The lowest BCUT2D eigenvalue weighted by Crippen LogP contribution is -1.96. The molecule has 0 saturated heterocycles. The summed E-state index contributed by atoms with van der Waals surface area (Å²) in [5.74, 6) is 0.644. The van der Waals surface area contributed by atoms with Crippen molar-refractivity contribution < 1.29 is 9.53 Å². The highest BCUT2D eigenvalue weighted by molar-refractivity contribution is 7.98. The van der Waals surface area contributed by atoms with Crippen LogP contribution in [0, 0.1) is 0 Å². The molecule has 0 radical (unpaired) electrons. The second-order valence-electron chi connectivity index (χ2n) is 4.32. The number of hydrogen-bond donors (Lipinski definition) is 0. The fraction of sp³-hybridized carbons (Fsp3) is 0.118. The van der Waals surface area contributed by atoms with Crippen LogP contribution in [-0.4, -0.2) is 19.1 Å². The lowest BCUT2D eigenvalue weighted by atomic mass is 10.1. The third-order valence-electron chi connectivity index (χ3n) is 2.94. The predicted octanol–water partition coefficient (Wildman–Crippen LogP) is 4.97. The third kappa shape index (κ3) is 4.13. The van der Waals surface area contributed by atoms with Crippen LogP contribution in [-0.2, 0) is 0 Å². The quantitative estimate of drug-likeness (QED) is 0.442. The first-order chi connectivity index (χ1) is 10.1. The number of rotatable bonds is 5. The van der Waals surface area contributed by atoms with E-state index < -0.39 is 0 Å². The number of carbonyl (C=O) groups excluding carboxylic acids is 1. The van der Waals surface area contributed by atoms with Gasteiger partial charge in [0.2, 0.25) is 0 Å². The van der Waals surface area contributed by atoms with Crippen LogP contribution in [0.5, 0.6) is 5.75 Å². The van der Waals surface area contributed by atoms with Crippen molar-refractivity contribution in [3.05, 3.63) is 64.7 Å². The molecule has 2 aromatic carbocycles. The first-order valence-electron chi connectivity index (χ1n) is 6.34. The number of benzene rings is 2. The summed E-state index contributed by atoms with van der Waals surface area (Å²) >= 11 is 7.50. The van der Waals surface area contributed by atoms with E-state index in [1.54, 1.807) is 49.2 Å². The Bertz CT molecular complexity index is 680. The van der Waals surface area contributed by atoms with E-state index in [1.807, 2.05) is 30.5 Å². The largest absolute Gasteiger partial charge is 0.496 e. The smallest absolute Gasteiger partial charge is 0.185 e. The molecule has 0 saturated carbocycles. The van der Waals surface area contributed by atoms with Gasteiger partial charge in [0.25, 0.3) is 0 Å². The minimum atomic E-state index is -0.0686. The molecule has 0 aliphatic rings. The van der Waals surface area contributed by atoms with Crippen molar-refractivity contribution in [2.45, 2.75) is 4.90 Å². The molecule has 0 aliphatic heterocycles. The molecule has 21 heavy (non-hydrogen) atoms. The summed E-state index contributed by atoms with van der Waals surface area (Å²) in [5, 5.41) is 0.649. The van der Waals surface area contributed by atoms with Crippen molar-refractivity contribution in [1.29, 1.82) is 0 Å². The summed E-state index contributed by atoms with van der Waals surface area (Å²) in [6.07, 6.45) is 5.26. The lowest BCUT2D eigenvalue weighted by Gasteiger charge is -2.07. The van der Waals surface area contributed by atoms with E-state index >= 15 is 0 Å². The van der Waals surface area contributed by atoms with Gasteiger partial charge in [0.05, 0.1) is 7.11 Å². The number of halogens is 1. The Kier molecular flexibility index (Phi) is 5.48. The molecule has 108 valence electrons. The van der Waals surface area contributed by atoms with Crippen molar-refractivity contribution >= 4 is 35.2 Å². The second-order valence-corrected chi connectivity index (χ2v) is 5.61. The van der Waals surface area contributed by atoms with Gasteiger partial charge in [-0.3, -0.25) is 4.79 Å². The molecule has 0 spiro atoms. The third-order valence-corrected chi connectivity index (χ3v) is 3.96. The Morgan fingerprint density at radius 2 is 2.05 bits per heavy atom. The Balaban J connectivity index is 2.20. The van der Waals surface area contributed by atoms with Gasteiger partial charge in [0.15, 0.2) is 5.78 Å². The highest BCUT2D eigenvalue weighted by atomic mass is 35.5. The summed E-state index contributed by atoms with van der Waals surface area (Å²) in [6.45, 7) is 0. The van der Waals surface area contributed by atoms with Gasteiger partial charge in [-0.05, 0) is 48.2 Å². The molecule has 0 bridgehead atoms. The van der Waals surface area contributed by atoms with Crippen molar-refractivity contribution in [1.82, 2.24) is 0 Å². The maximum atomic E-state index is 12.2. The zero-order valence-electron chi connectivity index (χ0n) is 11.8. The standard InChI is InChI=1S/C17H15ClO2S/c1-20-16-11-13(7-9-17(16)21-2)15(19)8-6-12-4-3-5-14(18)10-12/h3-11H,1-2H3/b8-6+. The maximum absolute atomic E-state index is 12.2. The molecule has 0 atom stereocenters. The first kappa shape index (κ1) is 15.7. The van der Waals surface area contributed by atoms with Crippen LogP contribution >= 0.6 is 23.4 Å². The fourth-order valence-electron chi connectivity index (χ4n) is 1.87. The minimum Gasteiger partial charge on any atom is -0.496 e. The first-order valence-corrected chi connectivity index (χ1v) is 7.94. The molecule has 2 nitrogen and oxygen atoms in total. The molecule has 0 unspecified atom stereocenters. The molecule has 0 heterocycles. The van der Waals surface area contributed by atoms with Crippen molar-refractivity contribution in [2.75, 3.05) is 13.4 Å². The zero-order chi connectivity index (χ0) is 15.2. The number of carbonyl (C=O) groups is 1. The van der Waals surface area contributed by atoms with Crippen molar-refractivity contribution in [3.8, 4) is 5.75 Å². The van der Waals surface area contributed by atoms with Crippen molar-refractivity contribution in [2.24, 2.45) is 0 Å². The van der Waals surface area contributed by atoms with Gasteiger partial charge in [-0.2, -0.15) is 0 Å². The summed E-state index contributed by atoms with van der Waals surface area (Å²) in [5.41, 5.74) is 1.49. The van der Waals surface area contributed by atoms with Crippen LogP contribution in [0.3, 0.4) is 0 Å². The van der Waals surface area contributed by atoms with Crippen LogP contribution in [0.2, 0.25) is 5.02 Å². The monoisotopic (exact) mass is 318 g/mol. The van der Waals surface area contributed by atoms with Crippen LogP contribution < -0.4 is 4.74 Å². The van der Waals surface area contributed by atoms with Crippen molar-refractivity contribution in [3.63, 3.8) is 0 Å². The van der Waals surface area contributed by atoms with Gasteiger partial charge in [-0.15, -0.1) is 11.8 Å². The van der Waals surface area contributed by atoms with Gasteiger partial charge < -0.3 is 4.74 Å². The molecule has 0 aromatic heterocycles. The second kappa shape index (κ2) is 7.34. The average molecular weight is 319 g/mol. The van der Waals surface area contributed by atoms with E-state index in [-0.39, 0.29) is 5.78 Å². The van der Waals surface area contributed by atoms with Gasteiger partial charge in [0.1, 0.15) is 5.75 Å². The summed E-state index contributed by atoms with van der Waals surface area (Å²) in [7, 11) is 1.60. The van der Waals surface area contributed by atoms with E-state index in [0.717, 1.165) is 10.5 Å². The summed E-state index contributed by atoms with van der Waals surface area (Å²) in [6, 6.07) is 12.8. The van der Waals surface area contributed by atoms with E-state index in [0.29, 0.717) is 16.3 Å². The van der Waals surface area contributed by atoms with Gasteiger partial charge in [-0.25, -0.2) is 0 Å². The lowest BCUT2D eigenvalue weighted by molar-refractivity contribution is 0.104. The molecule has 2 rings (SSSR count). The normalized spacial score (nSPS) is 10.8. The number of ketones is 1. The number of hydrogen-bond acceptors (Lipinski definition) is 3. The minimum absolute atomic E-state index is 0.0686. The number of thioether (sulfide) groups is 1. The molecule has 2 aromatic rings. The van der Waals surface area contributed by atoms with Crippen LogP contribution in [0.25, 0.3) is 6.08 Å². The zero-order valence-corrected chi connectivity index (χ0v) is 13.4. The average Bonchev–Trinajstić information content (AvgIpc) is 2.52. The Hall–Kier alpha value is -1.71. The number of methoxy groups -OCH3 is 1. The van der Waals surface area contributed by atoms with E-state index in [9.17, 15) is 4.79 Å². The van der Waals surface area contributed by atoms with Crippen LogP contribution in [0.4, 0.5) is 0 Å². The van der Waals surface area contributed by atoms with Gasteiger partial charge in [0, 0.05) is 15.5 Å². The topological polar surface area (TPSA) is 26.3 Å². The Labute approximate surface area is 133 Å². The van der Waals surface area contributed by atoms with Gasteiger partial charge >= 0.3 is 0 Å². The fourth-order valence-corrected chi connectivity index (χ4v) is 2.61. The van der Waals surface area contributed by atoms with E-state index in [1.165, 1.54) is 0 Å². The molecule has 0 fully saturated rings. The summed E-state index contributed by atoms with van der Waals surface area (Å²) in [4.78, 5) is 13.2. The predicted molar refractivity (Wildman–Crippen MR) is 89.6 cm³/mol. The Morgan fingerprint density at radius 3 is 2.71 bits per heavy atom. The highest BCUT2D eigenvalue weighted by Crippen LogP contribution is 2.28. The SMILES string of the molecule is COc1cc(C(=O)/C=C/c2cccc(Cl)c2)ccc1SC. The van der Waals surface area contributed by atoms with Gasteiger partial charge in [-0.1, -0.05) is 29.8 Å². The molecule has 0 amide bonds. The molecule has 4 heteroatoms. The molecule has 0 N–H and O–H groups in total. The molecular formula is C17H15ClO2S. The molecule has 0 aliphatic carbocycles. The number of allylic oxidation sites excluding steroid dienone is 1. The Morgan fingerprint density at radius 1 is 1.24 bits per heavy atom. The van der Waals surface area contributed by atoms with Crippen LogP contribution in [0.15, 0.2) is 53.4 Å². The van der Waals surface area contributed by atoms with E-state index in [4.69, 9.17) is 16.3 Å². The summed E-state index contributed by atoms with van der Waals surface area (Å²) < 4.78 is 5.29. The van der Waals surface area contributed by atoms with Crippen LogP contribution in [0.1, 0.15) is 15.9 Å². The van der Waals surface area contributed by atoms with E-state index in [2.05, 4.69) is 0 Å². The highest BCUT2D eigenvalue weighted by Gasteiger charge is 2.07. The number of ether oxygens (including phenoxy) is 1.